The third-order valence-corrected chi connectivity index (χ3v) is 7.32. The van der Waals surface area contributed by atoms with Crippen LogP contribution < -0.4 is 5.32 Å². The van der Waals surface area contributed by atoms with E-state index in [-0.39, 0.29) is 23.7 Å². The molecule has 2 heterocycles. The summed E-state index contributed by atoms with van der Waals surface area (Å²) in [7, 11) is 1.52. The normalized spacial score (nSPS) is 19.2. The Kier molecular flexibility index (Phi) is 8.80. The maximum Gasteiger partial charge on any atom is 0.251 e. The van der Waals surface area contributed by atoms with Crippen molar-refractivity contribution in [1.29, 1.82) is 0 Å². The van der Waals surface area contributed by atoms with Crippen molar-refractivity contribution in [2.75, 3.05) is 26.7 Å². The molecule has 1 aromatic heterocycles. The monoisotopic (exact) mass is 542 g/mol. The number of β-amino-alcohol motifs (C(OH)–C–C–N with tert-alkyl or cyclic N) is 1. The summed E-state index contributed by atoms with van der Waals surface area (Å²) in [5.41, 5.74) is 0.0851. The van der Waals surface area contributed by atoms with Gasteiger partial charge in [-0.05, 0) is 44.5 Å². The van der Waals surface area contributed by atoms with Gasteiger partial charge in [-0.15, -0.1) is 0 Å². The minimum absolute atomic E-state index is 0.0131. The quantitative estimate of drug-likeness (QED) is 0.364. The minimum atomic E-state index is -1.33. The lowest BCUT2D eigenvalue weighted by Crippen LogP contribution is -2.52. The number of halogens is 2. The average molecular weight is 543 g/mol. The molecule has 1 aliphatic rings. The number of aliphatic hydroxyl groups excluding tert-OH is 2. The number of hydrogen-bond donors (Lipinski definition) is 3. The van der Waals surface area contributed by atoms with Crippen LogP contribution in [0.4, 0.5) is 8.78 Å². The van der Waals surface area contributed by atoms with Crippen LogP contribution in [-0.4, -0.2) is 75.1 Å². The molecule has 0 unspecified atom stereocenters. The van der Waals surface area contributed by atoms with Gasteiger partial charge in [0.05, 0.1) is 17.4 Å². The van der Waals surface area contributed by atoms with E-state index in [1.54, 1.807) is 24.6 Å². The van der Waals surface area contributed by atoms with Crippen LogP contribution in [0.25, 0.3) is 11.3 Å². The fourth-order valence-electron chi connectivity index (χ4n) is 5.04. The molecule has 1 saturated heterocycles. The van der Waals surface area contributed by atoms with Gasteiger partial charge in [-0.3, -0.25) is 4.79 Å². The van der Waals surface area contributed by atoms with Crippen molar-refractivity contribution in [3.05, 3.63) is 77.8 Å². The predicted molar refractivity (Wildman–Crippen MR) is 143 cm³/mol. The number of methoxy groups -OCH3 is 1. The molecule has 0 radical (unpaired) electrons. The highest BCUT2D eigenvalue weighted by molar-refractivity contribution is 5.81. The van der Waals surface area contributed by atoms with Crippen molar-refractivity contribution in [2.24, 2.45) is 5.92 Å². The van der Waals surface area contributed by atoms with Crippen molar-refractivity contribution >= 4 is 5.91 Å². The van der Waals surface area contributed by atoms with Crippen LogP contribution in [0, 0.1) is 17.6 Å². The van der Waals surface area contributed by atoms with Crippen LogP contribution in [0.3, 0.4) is 0 Å². The van der Waals surface area contributed by atoms with Gasteiger partial charge in [0.15, 0.2) is 0 Å². The van der Waals surface area contributed by atoms with E-state index >= 15 is 0 Å². The van der Waals surface area contributed by atoms with Gasteiger partial charge in [-0.1, -0.05) is 30.3 Å². The van der Waals surface area contributed by atoms with E-state index in [0.29, 0.717) is 25.5 Å². The lowest BCUT2D eigenvalue weighted by atomic mass is 9.93. The predicted octanol–water partition coefficient (Wildman–Crippen LogP) is 3.13. The molecule has 3 aromatic rings. The number of benzene rings is 2. The van der Waals surface area contributed by atoms with Crippen LogP contribution in [0.1, 0.15) is 38.2 Å². The number of imidazole rings is 1. The standard InChI is InChI=1S/C29H36F2N4O4/c1-18(36)28(38)35(16-20-13-32-14-25(20)37)26(29(2,3)39-4)27-33-24(22-12-21(30)10-11-23(22)31)17-34(27)15-19-8-6-5-7-9-19/h5-12,17-18,20,25-26,32,36-37H,13-16H2,1-4H3/t18-,20-,25+,26-/m0/s1. The van der Waals surface area contributed by atoms with Crippen LogP contribution in [0.2, 0.25) is 0 Å². The van der Waals surface area contributed by atoms with Crippen LogP contribution in [0.15, 0.2) is 54.7 Å². The number of aromatic nitrogens is 2. The number of carbonyl (C=O) groups excluding carboxylic acids is 1. The van der Waals surface area contributed by atoms with Gasteiger partial charge < -0.3 is 29.7 Å². The van der Waals surface area contributed by atoms with E-state index < -0.39 is 41.4 Å². The minimum Gasteiger partial charge on any atom is -0.391 e. The van der Waals surface area contributed by atoms with E-state index in [1.165, 1.54) is 18.9 Å². The molecule has 4 atom stereocenters. The van der Waals surface area contributed by atoms with Crippen LogP contribution in [-0.2, 0) is 16.1 Å². The van der Waals surface area contributed by atoms with Crippen molar-refractivity contribution in [3.63, 3.8) is 0 Å². The molecule has 4 rings (SSSR count). The first-order valence-electron chi connectivity index (χ1n) is 13.0. The molecule has 2 aromatic carbocycles. The molecule has 0 aliphatic carbocycles. The first-order valence-corrected chi connectivity index (χ1v) is 13.0. The molecule has 1 amide bonds. The zero-order valence-corrected chi connectivity index (χ0v) is 22.6. The van der Waals surface area contributed by atoms with E-state index in [1.807, 2.05) is 30.3 Å². The maximum atomic E-state index is 14.9. The lowest BCUT2D eigenvalue weighted by molar-refractivity contribution is -0.152. The molecule has 39 heavy (non-hydrogen) atoms. The summed E-state index contributed by atoms with van der Waals surface area (Å²) in [6, 6.07) is 11.9. The summed E-state index contributed by atoms with van der Waals surface area (Å²) >= 11 is 0. The molecule has 1 fully saturated rings. The van der Waals surface area contributed by atoms with Gasteiger partial charge in [0.25, 0.3) is 5.91 Å². The molecule has 0 bridgehead atoms. The number of aliphatic hydroxyl groups is 2. The van der Waals surface area contributed by atoms with Gasteiger partial charge >= 0.3 is 0 Å². The summed E-state index contributed by atoms with van der Waals surface area (Å²) in [5.74, 6) is -1.71. The summed E-state index contributed by atoms with van der Waals surface area (Å²) in [6.45, 7) is 6.33. The maximum absolute atomic E-state index is 14.9. The molecule has 1 aliphatic heterocycles. The summed E-state index contributed by atoms with van der Waals surface area (Å²) in [4.78, 5) is 19.8. The van der Waals surface area contributed by atoms with Gasteiger partial charge in [0.2, 0.25) is 0 Å². The van der Waals surface area contributed by atoms with E-state index in [2.05, 4.69) is 5.32 Å². The van der Waals surface area contributed by atoms with Crippen LogP contribution in [0.5, 0.6) is 0 Å². The summed E-state index contributed by atoms with van der Waals surface area (Å²) in [5, 5.41) is 24.1. The average Bonchev–Trinajstić information content (AvgIpc) is 3.50. The summed E-state index contributed by atoms with van der Waals surface area (Å²) in [6.07, 6.45) is -0.374. The largest absolute Gasteiger partial charge is 0.391 e. The Balaban J connectivity index is 1.91. The fraction of sp³-hybridized carbons (Fsp3) is 0.448. The number of amides is 1. The number of nitrogens with one attached hydrogen (secondary N) is 1. The molecular weight excluding hydrogens is 506 g/mol. The number of nitrogens with zero attached hydrogens (tertiary/aromatic N) is 3. The number of carbonyl (C=O) groups is 1. The van der Waals surface area contributed by atoms with Gasteiger partial charge in [-0.2, -0.15) is 0 Å². The van der Waals surface area contributed by atoms with E-state index in [4.69, 9.17) is 9.72 Å². The second-order valence-electron chi connectivity index (χ2n) is 10.6. The Morgan fingerprint density at radius 2 is 1.95 bits per heavy atom. The molecule has 210 valence electrons. The smallest absolute Gasteiger partial charge is 0.251 e. The highest BCUT2D eigenvalue weighted by Crippen LogP contribution is 2.37. The van der Waals surface area contributed by atoms with Crippen molar-refractivity contribution < 1.29 is 28.5 Å². The van der Waals surface area contributed by atoms with E-state index in [9.17, 15) is 23.8 Å². The second-order valence-corrected chi connectivity index (χ2v) is 10.6. The molecule has 0 saturated carbocycles. The SMILES string of the molecule is COC(C)(C)[C@H](c1nc(-c2cc(F)ccc2F)cn1Cc1ccccc1)N(C[C@@H]1CNC[C@H]1O)C(=O)[C@H](C)O. The third-order valence-electron chi connectivity index (χ3n) is 7.32. The zero-order chi connectivity index (χ0) is 28.3. The molecular formula is C29H36F2N4O4. The Hall–Kier alpha value is -3.18. The summed E-state index contributed by atoms with van der Waals surface area (Å²) < 4.78 is 36.7. The Bertz CT molecular complexity index is 1280. The molecule has 3 N–H and O–H groups in total. The molecule has 10 heteroatoms. The van der Waals surface area contributed by atoms with Gasteiger partial charge in [0.1, 0.15) is 29.6 Å². The van der Waals surface area contributed by atoms with Gasteiger partial charge in [-0.25, -0.2) is 13.8 Å². The third kappa shape index (κ3) is 6.36. The van der Waals surface area contributed by atoms with Crippen molar-refractivity contribution in [1.82, 2.24) is 19.8 Å². The Morgan fingerprint density at radius 3 is 2.56 bits per heavy atom. The second kappa shape index (κ2) is 11.9. The van der Waals surface area contributed by atoms with Gasteiger partial charge in [0, 0.05) is 51.0 Å². The topological polar surface area (TPSA) is 99.9 Å². The molecule has 8 nitrogen and oxygen atoms in total. The highest BCUT2D eigenvalue weighted by Gasteiger charge is 2.44. The lowest BCUT2D eigenvalue weighted by Gasteiger charge is -2.42. The number of rotatable bonds is 10. The highest BCUT2D eigenvalue weighted by atomic mass is 19.1. The zero-order valence-electron chi connectivity index (χ0n) is 22.6. The first-order chi connectivity index (χ1) is 18.5. The van der Waals surface area contributed by atoms with Crippen LogP contribution >= 0.6 is 0 Å². The van der Waals surface area contributed by atoms with E-state index in [0.717, 1.165) is 23.8 Å². The van der Waals surface area contributed by atoms with Crippen molar-refractivity contribution in [2.45, 2.75) is 51.2 Å². The molecule has 0 spiro atoms. The number of hydrogen-bond acceptors (Lipinski definition) is 6. The Labute approximate surface area is 227 Å². The Morgan fingerprint density at radius 1 is 1.23 bits per heavy atom. The van der Waals surface area contributed by atoms with Crippen molar-refractivity contribution in [3.8, 4) is 11.3 Å². The number of ether oxygens (including phenoxy) is 1. The first kappa shape index (κ1) is 28.8. The fourth-order valence-corrected chi connectivity index (χ4v) is 5.04.